The van der Waals surface area contributed by atoms with Gasteiger partial charge < -0.3 is 34.8 Å². The number of aromatic nitrogens is 2. The molecule has 2 aliphatic heterocycles. The molecule has 0 bridgehead atoms. The van der Waals surface area contributed by atoms with Crippen LogP contribution in [0, 0.1) is 0 Å². The lowest BCUT2D eigenvalue weighted by Crippen LogP contribution is -2.49. The number of carbonyl (C=O) groups is 2. The second-order valence-electron chi connectivity index (χ2n) is 9.52. The minimum Gasteiger partial charge on any atom is -0.450 e. The molecule has 1 aromatic carbocycles. The third kappa shape index (κ3) is 5.62. The molecule has 0 radical (unpaired) electrons. The predicted molar refractivity (Wildman–Crippen MR) is 151 cm³/mol. The summed E-state index contributed by atoms with van der Waals surface area (Å²) in [5.41, 5.74) is 9.72. The zero-order valence-corrected chi connectivity index (χ0v) is 22.5. The molecule has 0 aliphatic carbocycles. The van der Waals surface area contributed by atoms with E-state index in [1.165, 1.54) is 0 Å². The van der Waals surface area contributed by atoms with E-state index in [1.54, 1.807) is 16.7 Å². The topological polar surface area (TPSA) is 117 Å². The number of pyridine rings is 2. The lowest BCUT2D eigenvalue weighted by atomic mass is 10.0. The molecular formula is C28H35N7O4. The fourth-order valence-electron chi connectivity index (χ4n) is 5.06. The number of hydrogen-bond donors (Lipinski definition) is 1. The first-order valence-corrected chi connectivity index (χ1v) is 13.5. The van der Waals surface area contributed by atoms with Gasteiger partial charge in [-0.05, 0) is 31.5 Å². The second-order valence-corrected chi connectivity index (χ2v) is 9.52. The van der Waals surface area contributed by atoms with Gasteiger partial charge in [0.1, 0.15) is 5.82 Å². The second kappa shape index (κ2) is 11.6. The average Bonchev–Trinajstić information content (AvgIpc) is 2.97. The molecule has 2 N–H and O–H groups in total. The number of ether oxygens (including phenoxy) is 2. The molecular weight excluding hydrogens is 498 g/mol. The molecule has 4 heterocycles. The number of rotatable bonds is 5. The van der Waals surface area contributed by atoms with E-state index >= 15 is 0 Å². The van der Waals surface area contributed by atoms with Crippen molar-refractivity contribution < 1.29 is 19.1 Å². The zero-order valence-electron chi connectivity index (χ0n) is 22.5. The SMILES string of the molecule is CCOC(=O)N1CCN(c2nc3nc(N4CCN(C(=O)OCC)CC4)c(-c4ccccc4)cc3cc2N)CC1. The van der Waals surface area contributed by atoms with E-state index in [9.17, 15) is 9.59 Å². The number of nitrogen functional groups attached to an aromatic ring is 1. The standard InChI is InChI=1S/C28H35N7O4/c1-3-38-27(36)34-14-10-32(11-15-34)25-22(20-8-6-5-7-9-20)18-21-19-23(29)26(31-24(21)30-25)33-12-16-35(17-13-33)28(37)39-4-2/h5-9,18-19H,3-4,10-17,29H2,1-2H3. The van der Waals surface area contributed by atoms with Crippen LogP contribution in [0.3, 0.4) is 0 Å². The van der Waals surface area contributed by atoms with Gasteiger partial charge in [-0.2, -0.15) is 0 Å². The first kappa shape index (κ1) is 26.3. The van der Waals surface area contributed by atoms with Crippen LogP contribution in [-0.4, -0.2) is 97.5 Å². The van der Waals surface area contributed by atoms with E-state index in [0.29, 0.717) is 82.7 Å². The Bertz CT molecular complexity index is 1320. The van der Waals surface area contributed by atoms with Crippen LogP contribution in [0.5, 0.6) is 0 Å². The molecule has 2 aliphatic rings. The molecule has 5 rings (SSSR count). The molecule has 39 heavy (non-hydrogen) atoms. The van der Waals surface area contributed by atoms with E-state index in [2.05, 4.69) is 28.0 Å². The van der Waals surface area contributed by atoms with Crippen molar-refractivity contribution >= 4 is 40.5 Å². The monoisotopic (exact) mass is 533 g/mol. The number of nitrogens with zero attached hydrogens (tertiary/aromatic N) is 6. The third-order valence-corrected chi connectivity index (χ3v) is 7.09. The molecule has 11 heteroatoms. The molecule has 0 spiro atoms. The number of anilines is 3. The summed E-state index contributed by atoms with van der Waals surface area (Å²) in [6, 6.07) is 14.2. The summed E-state index contributed by atoms with van der Waals surface area (Å²) in [4.78, 5) is 42.0. The van der Waals surface area contributed by atoms with Gasteiger partial charge >= 0.3 is 12.2 Å². The summed E-state index contributed by atoms with van der Waals surface area (Å²) in [5.74, 6) is 1.50. The highest BCUT2D eigenvalue weighted by atomic mass is 16.6. The maximum atomic E-state index is 12.2. The molecule has 2 amide bonds. The van der Waals surface area contributed by atoms with Crippen molar-refractivity contribution in [2.24, 2.45) is 0 Å². The van der Waals surface area contributed by atoms with Gasteiger partial charge in [0, 0.05) is 63.3 Å². The Morgan fingerprint density at radius 3 is 1.82 bits per heavy atom. The van der Waals surface area contributed by atoms with Gasteiger partial charge in [-0.3, -0.25) is 0 Å². The quantitative estimate of drug-likeness (QED) is 0.526. The molecule has 206 valence electrons. The smallest absolute Gasteiger partial charge is 0.409 e. The van der Waals surface area contributed by atoms with Crippen LogP contribution < -0.4 is 15.5 Å². The Morgan fingerprint density at radius 1 is 0.769 bits per heavy atom. The highest BCUT2D eigenvalue weighted by molar-refractivity contribution is 5.91. The predicted octanol–water partition coefficient (Wildman–Crippen LogP) is 3.44. The largest absolute Gasteiger partial charge is 0.450 e. The van der Waals surface area contributed by atoms with Crippen molar-refractivity contribution in [2.75, 3.05) is 81.1 Å². The van der Waals surface area contributed by atoms with Crippen molar-refractivity contribution in [3.05, 3.63) is 42.5 Å². The molecule has 0 unspecified atom stereocenters. The number of benzene rings is 1. The van der Waals surface area contributed by atoms with Crippen molar-refractivity contribution in [1.82, 2.24) is 19.8 Å². The van der Waals surface area contributed by atoms with E-state index < -0.39 is 0 Å². The number of carbonyl (C=O) groups excluding carboxylic acids is 2. The number of piperazine rings is 2. The summed E-state index contributed by atoms with van der Waals surface area (Å²) in [5, 5.41) is 0.856. The van der Waals surface area contributed by atoms with Gasteiger partial charge in [0.15, 0.2) is 11.5 Å². The Hall–Kier alpha value is -4.28. The van der Waals surface area contributed by atoms with Crippen LogP contribution in [0.25, 0.3) is 22.2 Å². The fraction of sp³-hybridized carbons (Fsp3) is 0.429. The number of hydrogen-bond acceptors (Lipinski definition) is 9. The molecule has 2 fully saturated rings. The van der Waals surface area contributed by atoms with Gasteiger partial charge in [0.05, 0.1) is 18.9 Å². The Balaban J connectivity index is 1.45. The van der Waals surface area contributed by atoms with Crippen LogP contribution in [0.15, 0.2) is 42.5 Å². The number of nitrogens with two attached hydrogens (primary N) is 1. The summed E-state index contributed by atoms with van der Waals surface area (Å²) >= 11 is 0. The average molecular weight is 534 g/mol. The normalized spacial score (nSPS) is 15.9. The minimum absolute atomic E-state index is 0.281. The van der Waals surface area contributed by atoms with E-state index in [-0.39, 0.29) is 12.2 Å². The van der Waals surface area contributed by atoms with Gasteiger partial charge in [-0.25, -0.2) is 19.6 Å². The van der Waals surface area contributed by atoms with E-state index in [4.69, 9.17) is 25.2 Å². The van der Waals surface area contributed by atoms with Crippen molar-refractivity contribution in [3.63, 3.8) is 0 Å². The van der Waals surface area contributed by atoms with Crippen LogP contribution in [0.4, 0.5) is 26.9 Å². The van der Waals surface area contributed by atoms with Gasteiger partial charge in [0.25, 0.3) is 0 Å². The van der Waals surface area contributed by atoms with Gasteiger partial charge in [-0.15, -0.1) is 0 Å². The molecule has 11 nitrogen and oxygen atoms in total. The maximum Gasteiger partial charge on any atom is 0.409 e. The first-order valence-electron chi connectivity index (χ1n) is 13.5. The van der Waals surface area contributed by atoms with Crippen LogP contribution >= 0.6 is 0 Å². The Kier molecular flexibility index (Phi) is 7.85. The molecule has 2 saturated heterocycles. The summed E-state index contributed by atoms with van der Waals surface area (Å²) in [6.45, 7) is 8.99. The van der Waals surface area contributed by atoms with Crippen LogP contribution in [-0.2, 0) is 9.47 Å². The first-order chi connectivity index (χ1) is 19.0. The molecule has 2 aromatic heterocycles. The zero-order chi connectivity index (χ0) is 27.4. The lowest BCUT2D eigenvalue weighted by molar-refractivity contribution is 0.104. The highest BCUT2D eigenvalue weighted by Crippen LogP contribution is 2.35. The Labute approximate surface area is 228 Å². The highest BCUT2D eigenvalue weighted by Gasteiger charge is 2.27. The van der Waals surface area contributed by atoms with Gasteiger partial charge in [0.2, 0.25) is 0 Å². The van der Waals surface area contributed by atoms with Crippen molar-refractivity contribution in [1.29, 1.82) is 0 Å². The lowest BCUT2D eigenvalue weighted by Gasteiger charge is -2.36. The summed E-state index contributed by atoms with van der Waals surface area (Å²) < 4.78 is 10.3. The van der Waals surface area contributed by atoms with Crippen LogP contribution in [0.2, 0.25) is 0 Å². The Morgan fingerprint density at radius 2 is 1.28 bits per heavy atom. The summed E-state index contributed by atoms with van der Waals surface area (Å²) in [6.07, 6.45) is -0.573. The number of amides is 2. The third-order valence-electron chi connectivity index (χ3n) is 7.09. The maximum absolute atomic E-state index is 12.2. The van der Waals surface area contributed by atoms with Crippen molar-refractivity contribution in [2.45, 2.75) is 13.8 Å². The van der Waals surface area contributed by atoms with E-state index in [1.807, 2.05) is 31.2 Å². The molecule has 0 atom stereocenters. The molecule has 0 saturated carbocycles. The van der Waals surface area contributed by atoms with E-state index in [0.717, 1.165) is 22.3 Å². The van der Waals surface area contributed by atoms with Gasteiger partial charge in [-0.1, -0.05) is 30.3 Å². The minimum atomic E-state index is -0.292. The number of fused-ring (bicyclic) bond motifs is 1. The van der Waals surface area contributed by atoms with Crippen LogP contribution in [0.1, 0.15) is 13.8 Å². The summed E-state index contributed by atoms with van der Waals surface area (Å²) in [7, 11) is 0. The van der Waals surface area contributed by atoms with Crippen molar-refractivity contribution in [3.8, 4) is 11.1 Å². The molecule has 3 aromatic rings. The fourth-order valence-corrected chi connectivity index (χ4v) is 5.06.